The Bertz CT molecular complexity index is 363. The Labute approximate surface area is 157 Å². The fourth-order valence-electron chi connectivity index (χ4n) is 2.91. The highest BCUT2D eigenvalue weighted by atomic mass is 35.8. The molecule has 0 saturated carbocycles. The minimum absolute atomic E-state index is 0.821. The first-order chi connectivity index (χ1) is 11.1. The Hall–Kier alpha value is 0.367. The van der Waals surface area contributed by atoms with Crippen molar-refractivity contribution in [3.05, 3.63) is 24.5 Å². The molecule has 134 valence electrons. The first-order valence-electron chi connectivity index (χ1n) is 9.25. The van der Waals surface area contributed by atoms with Crippen LogP contribution in [0.25, 0.3) is 0 Å². The van der Waals surface area contributed by atoms with E-state index >= 15 is 0 Å². The van der Waals surface area contributed by atoms with E-state index in [-0.39, 0.29) is 0 Å². The molecule has 0 aliphatic carbocycles. The molecule has 23 heavy (non-hydrogen) atoms. The van der Waals surface area contributed by atoms with E-state index in [4.69, 9.17) is 33.2 Å². The lowest BCUT2D eigenvalue weighted by molar-refractivity contribution is 0.529. The number of nitrogens with zero attached hydrogens (tertiary/aromatic N) is 1. The summed E-state index contributed by atoms with van der Waals surface area (Å²) in [7, 11) is 0. The van der Waals surface area contributed by atoms with Crippen LogP contribution in [0.15, 0.2) is 24.5 Å². The highest BCUT2D eigenvalue weighted by molar-refractivity contribution is 7.64. The van der Waals surface area contributed by atoms with Crippen LogP contribution in [0.5, 0.6) is 0 Å². The fraction of sp³-hybridized carbons (Fsp3) is 0.778. The van der Waals surface area contributed by atoms with Crippen molar-refractivity contribution in [2.24, 2.45) is 0 Å². The molecule has 0 spiro atoms. The normalized spacial score (nSPS) is 12.0. The van der Waals surface area contributed by atoms with E-state index in [9.17, 15) is 0 Å². The van der Waals surface area contributed by atoms with Crippen LogP contribution in [0.1, 0.15) is 77.0 Å². The summed E-state index contributed by atoms with van der Waals surface area (Å²) in [6, 6.07) is 2.66. The van der Waals surface area contributed by atoms with Gasteiger partial charge in [-0.05, 0) is 24.6 Å². The summed E-state index contributed by atoms with van der Waals surface area (Å²) in [5, 5.41) is 0. The number of hydrogen-bond acceptors (Lipinski definition) is 0. The van der Waals surface area contributed by atoms with E-state index in [1.807, 2.05) is 0 Å². The number of aryl methyl sites for hydroxylation is 1. The zero-order valence-electron chi connectivity index (χ0n) is 14.3. The Morgan fingerprint density at radius 2 is 0.957 bits per heavy atom. The van der Waals surface area contributed by atoms with E-state index in [0.29, 0.717) is 0 Å². The van der Waals surface area contributed by atoms with Crippen LogP contribution in [-0.2, 0) is 6.54 Å². The van der Waals surface area contributed by atoms with Gasteiger partial charge in [0.2, 0.25) is 0 Å². The second-order valence-electron chi connectivity index (χ2n) is 6.53. The average Bonchev–Trinajstić information content (AvgIpc) is 3.00. The summed E-state index contributed by atoms with van der Waals surface area (Å²) in [5.41, 5.74) is 0. The lowest BCUT2D eigenvalue weighted by Crippen LogP contribution is -2.07. The second-order valence-corrected chi connectivity index (χ2v) is 15.8. The molecule has 1 nitrogen and oxygen atoms in total. The van der Waals surface area contributed by atoms with Gasteiger partial charge in [-0.15, -0.1) is 33.2 Å². The SMILES string of the molecule is Cl[Si](Cl)(Cl)CCCCCCCCCCCCCCn1cccc1. The molecule has 1 heterocycles. The molecule has 0 atom stereocenters. The molecule has 0 bridgehead atoms. The van der Waals surface area contributed by atoms with E-state index < -0.39 is 6.00 Å². The van der Waals surface area contributed by atoms with Crippen LogP contribution >= 0.6 is 33.2 Å². The highest BCUT2D eigenvalue weighted by Gasteiger charge is 2.23. The number of aromatic nitrogens is 1. The highest BCUT2D eigenvalue weighted by Crippen LogP contribution is 2.27. The van der Waals surface area contributed by atoms with Crippen molar-refractivity contribution in [1.82, 2.24) is 4.57 Å². The molecule has 0 aromatic carbocycles. The molecule has 1 rings (SSSR count). The molecule has 0 unspecified atom stereocenters. The molecule has 0 aliphatic heterocycles. The van der Waals surface area contributed by atoms with Gasteiger partial charge in [0, 0.05) is 18.9 Å². The van der Waals surface area contributed by atoms with Crippen LogP contribution in [0.4, 0.5) is 0 Å². The van der Waals surface area contributed by atoms with E-state index in [2.05, 4.69) is 29.1 Å². The lowest BCUT2D eigenvalue weighted by Gasteiger charge is -2.07. The smallest absolute Gasteiger partial charge is 0.341 e. The zero-order chi connectivity index (χ0) is 16.8. The maximum absolute atomic E-state index is 5.87. The van der Waals surface area contributed by atoms with Crippen molar-refractivity contribution in [3.8, 4) is 0 Å². The molecule has 0 N–H and O–H groups in total. The summed E-state index contributed by atoms with van der Waals surface area (Å²) >= 11 is 17.6. The summed E-state index contributed by atoms with van der Waals surface area (Å²) in [4.78, 5) is 0. The van der Waals surface area contributed by atoms with E-state index in [0.717, 1.165) is 12.5 Å². The predicted molar refractivity (Wildman–Crippen MR) is 108 cm³/mol. The number of halogens is 3. The minimum atomic E-state index is -2.36. The van der Waals surface area contributed by atoms with Crippen LogP contribution in [-0.4, -0.2) is 10.6 Å². The Kier molecular flexibility index (Phi) is 12.7. The largest absolute Gasteiger partial charge is 0.354 e. The maximum Gasteiger partial charge on any atom is 0.341 e. The van der Waals surface area contributed by atoms with Gasteiger partial charge >= 0.3 is 6.00 Å². The first kappa shape index (κ1) is 21.4. The maximum atomic E-state index is 5.87. The molecular formula is C18H32Cl3NSi. The summed E-state index contributed by atoms with van der Waals surface area (Å²) in [6.45, 7) is 1.17. The van der Waals surface area contributed by atoms with Crippen LogP contribution in [0, 0.1) is 0 Å². The van der Waals surface area contributed by atoms with Crippen molar-refractivity contribution in [2.75, 3.05) is 0 Å². The predicted octanol–water partition coefficient (Wildman–Crippen LogP) is 7.82. The third kappa shape index (κ3) is 14.4. The van der Waals surface area contributed by atoms with Gasteiger partial charge < -0.3 is 4.57 Å². The third-order valence-corrected chi connectivity index (χ3v) is 6.91. The molecule has 1 aromatic heterocycles. The molecule has 0 radical (unpaired) electrons. The third-order valence-electron chi connectivity index (χ3n) is 4.29. The minimum Gasteiger partial charge on any atom is -0.354 e. The molecular weight excluding hydrogens is 365 g/mol. The van der Waals surface area contributed by atoms with Crippen LogP contribution in [0.3, 0.4) is 0 Å². The fourth-order valence-corrected chi connectivity index (χ4v) is 4.76. The van der Waals surface area contributed by atoms with Crippen molar-refractivity contribution in [1.29, 1.82) is 0 Å². The number of rotatable bonds is 15. The van der Waals surface area contributed by atoms with Gasteiger partial charge in [-0.3, -0.25) is 0 Å². The van der Waals surface area contributed by atoms with Crippen molar-refractivity contribution in [3.63, 3.8) is 0 Å². The lowest BCUT2D eigenvalue weighted by atomic mass is 10.1. The molecule has 0 aliphatic rings. The second kappa shape index (κ2) is 13.6. The molecule has 0 fully saturated rings. The molecule has 0 saturated heterocycles. The number of hydrogen-bond donors (Lipinski definition) is 0. The summed E-state index contributed by atoms with van der Waals surface area (Å²) in [5.74, 6) is 0. The Morgan fingerprint density at radius 1 is 0.565 bits per heavy atom. The first-order valence-corrected chi connectivity index (χ1v) is 14.5. The van der Waals surface area contributed by atoms with Gasteiger partial charge in [0.15, 0.2) is 0 Å². The molecule has 1 aromatic rings. The van der Waals surface area contributed by atoms with Crippen molar-refractivity contribution < 1.29 is 0 Å². The Morgan fingerprint density at radius 3 is 1.39 bits per heavy atom. The van der Waals surface area contributed by atoms with Crippen molar-refractivity contribution in [2.45, 2.75) is 89.6 Å². The summed E-state index contributed by atoms with van der Waals surface area (Å²) < 4.78 is 2.27. The van der Waals surface area contributed by atoms with Gasteiger partial charge in [0.1, 0.15) is 0 Å². The topological polar surface area (TPSA) is 4.93 Å². The molecule has 5 heteroatoms. The van der Waals surface area contributed by atoms with Crippen molar-refractivity contribution >= 4 is 39.2 Å². The van der Waals surface area contributed by atoms with Gasteiger partial charge in [-0.25, -0.2) is 0 Å². The zero-order valence-corrected chi connectivity index (χ0v) is 17.6. The standard InChI is InChI=1S/C18H32Cl3NSi/c19-23(20,21)18-14-10-8-6-4-2-1-3-5-7-9-11-15-22-16-12-13-17-22/h12-13,16-17H,1-11,14-15,18H2. The van der Waals surface area contributed by atoms with E-state index in [1.165, 1.54) is 77.2 Å². The monoisotopic (exact) mass is 395 g/mol. The van der Waals surface area contributed by atoms with Crippen LogP contribution < -0.4 is 0 Å². The van der Waals surface area contributed by atoms with Gasteiger partial charge in [-0.1, -0.05) is 70.6 Å². The van der Waals surface area contributed by atoms with Gasteiger partial charge in [0.25, 0.3) is 0 Å². The quantitative estimate of drug-likeness (QED) is 0.162. The average molecular weight is 397 g/mol. The van der Waals surface area contributed by atoms with E-state index in [1.54, 1.807) is 0 Å². The number of unbranched alkanes of at least 4 members (excludes halogenated alkanes) is 11. The Balaban J connectivity index is 1.71. The van der Waals surface area contributed by atoms with Crippen LogP contribution in [0.2, 0.25) is 6.04 Å². The molecule has 0 amide bonds. The summed E-state index contributed by atoms with van der Waals surface area (Å²) in [6.07, 6.45) is 20.3. The van der Waals surface area contributed by atoms with Gasteiger partial charge in [-0.2, -0.15) is 0 Å². The van der Waals surface area contributed by atoms with Gasteiger partial charge in [0.05, 0.1) is 0 Å².